The standard InChI is InChI=1S/C24H26F3N5O5/c25-24(26,27)20-19(37-22(33)29-12-17-5-3-11-35-17)13-28-21(30-20)31-9-7-16(8-10-31)32-18-6-2-1-4-15(18)14-36-23(32)34/h1-2,4,6,13,16-17H,3,5,7-12,14H2,(H,29,33). The number of fused-ring (bicyclic) bond motifs is 1. The monoisotopic (exact) mass is 521 g/mol. The van der Waals surface area contributed by atoms with Gasteiger partial charge in [0.2, 0.25) is 5.95 Å². The third-order valence-electron chi connectivity index (χ3n) is 6.62. The average Bonchev–Trinajstić information content (AvgIpc) is 3.41. The van der Waals surface area contributed by atoms with E-state index in [1.807, 2.05) is 24.3 Å². The van der Waals surface area contributed by atoms with Crippen LogP contribution in [0.25, 0.3) is 0 Å². The van der Waals surface area contributed by atoms with E-state index in [-0.39, 0.29) is 31.2 Å². The van der Waals surface area contributed by atoms with Crippen molar-refractivity contribution in [3.63, 3.8) is 0 Å². The van der Waals surface area contributed by atoms with Crippen molar-refractivity contribution < 1.29 is 37.0 Å². The topological polar surface area (TPSA) is 106 Å². The van der Waals surface area contributed by atoms with Gasteiger partial charge in [-0.1, -0.05) is 18.2 Å². The molecule has 0 spiro atoms. The summed E-state index contributed by atoms with van der Waals surface area (Å²) in [6, 6.07) is 7.29. The molecule has 10 nitrogen and oxygen atoms in total. The molecule has 1 unspecified atom stereocenters. The van der Waals surface area contributed by atoms with Crippen LogP contribution < -0.4 is 19.9 Å². The van der Waals surface area contributed by atoms with E-state index in [1.54, 1.807) is 9.80 Å². The van der Waals surface area contributed by atoms with E-state index in [2.05, 4.69) is 15.3 Å². The third-order valence-corrected chi connectivity index (χ3v) is 6.62. The van der Waals surface area contributed by atoms with E-state index in [9.17, 15) is 22.8 Å². The Morgan fingerprint density at radius 1 is 1.19 bits per heavy atom. The van der Waals surface area contributed by atoms with Crippen LogP contribution in [0.1, 0.15) is 36.9 Å². The largest absolute Gasteiger partial charge is 0.444 e. The number of anilines is 2. The van der Waals surface area contributed by atoms with Gasteiger partial charge in [0.15, 0.2) is 11.4 Å². The number of hydrogen-bond acceptors (Lipinski definition) is 8. The van der Waals surface area contributed by atoms with Crippen LogP contribution in [0.5, 0.6) is 5.75 Å². The summed E-state index contributed by atoms with van der Waals surface area (Å²) in [6.07, 6.45) is -3.07. The molecule has 5 rings (SSSR count). The van der Waals surface area contributed by atoms with Gasteiger partial charge in [-0.15, -0.1) is 0 Å². The van der Waals surface area contributed by atoms with E-state index in [0.29, 0.717) is 32.5 Å². The smallest absolute Gasteiger partial charge is 0.437 e. The Morgan fingerprint density at radius 2 is 1.97 bits per heavy atom. The molecule has 37 heavy (non-hydrogen) atoms. The van der Waals surface area contributed by atoms with Crippen molar-refractivity contribution in [1.82, 2.24) is 15.3 Å². The van der Waals surface area contributed by atoms with Crippen LogP contribution in [0.2, 0.25) is 0 Å². The molecule has 0 radical (unpaired) electrons. The van der Waals surface area contributed by atoms with Crippen LogP contribution in [0.4, 0.5) is 34.4 Å². The van der Waals surface area contributed by atoms with E-state index in [4.69, 9.17) is 14.2 Å². The van der Waals surface area contributed by atoms with Crippen molar-refractivity contribution in [2.24, 2.45) is 0 Å². The summed E-state index contributed by atoms with van der Waals surface area (Å²) >= 11 is 0. The second kappa shape index (κ2) is 10.4. The number of cyclic esters (lactones) is 1. The first-order valence-corrected chi connectivity index (χ1v) is 12.1. The van der Waals surface area contributed by atoms with Crippen molar-refractivity contribution in [1.29, 1.82) is 0 Å². The fraction of sp³-hybridized carbons (Fsp3) is 0.500. The molecule has 1 N–H and O–H groups in total. The SMILES string of the molecule is O=C(NCC1CCCO1)Oc1cnc(N2CCC(N3C(=O)OCc4ccccc43)CC2)nc1C(F)(F)F. The molecule has 198 valence electrons. The summed E-state index contributed by atoms with van der Waals surface area (Å²) in [5.41, 5.74) is 0.352. The molecule has 2 amide bonds. The number of para-hydroxylation sites is 1. The zero-order chi connectivity index (χ0) is 26.0. The second-order valence-corrected chi connectivity index (χ2v) is 9.06. The predicted octanol–water partition coefficient (Wildman–Crippen LogP) is 3.89. The Labute approximate surface area is 210 Å². The molecular weight excluding hydrogens is 495 g/mol. The lowest BCUT2D eigenvalue weighted by Crippen LogP contribution is -2.49. The minimum atomic E-state index is -4.86. The van der Waals surface area contributed by atoms with Gasteiger partial charge in [0.25, 0.3) is 0 Å². The van der Waals surface area contributed by atoms with Crippen LogP contribution in [0.15, 0.2) is 30.5 Å². The van der Waals surface area contributed by atoms with Gasteiger partial charge in [-0.25, -0.2) is 19.6 Å². The molecule has 0 aliphatic carbocycles. The molecule has 1 aromatic carbocycles. The van der Waals surface area contributed by atoms with Crippen LogP contribution in [-0.2, 0) is 22.3 Å². The highest BCUT2D eigenvalue weighted by atomic mass is 19.4. The number of carbonyl (C=O) groups is 2. The van der Waals surface area contributed by atoms with Crippen LogP contribution in [0.3, 0.4) is 0 Å². The minimum absolute atomic E-state index is 0.125. The molecule has 13 heteroatoms. The van der Waals surface area contributed by atoms with Gasteiger partial charge in [0.05, 0.1) is 18.0 Å². The Balaban J connectivity index is 1.25. The molecule has 0 saturated carbocycles. The number of aromatic nitrogens is 2. The number of benzene rings is 1. The maximum Gasteiger partial charge on any atom is 0.437 e. The fourth-order valence-corrected chi connectivity index (χ4v) is 4.78. The highest BCUT2D eigenvalue weighted by Crippen LogP contribution is 2.36. The second-order valence-electron chi connectivity index (χ2n) is 9.06. The average molecular weight is 521 g/mol. The molecule has 4 heterocycles. The van der Waals surface area contributed by atoms with E-state index >= 15 is 0 Å². The lowest BCUT2D eigenvalue weighted by molar-refractivity contribution is -0.142. The molecule has 1 aromatic heterocycles. The molecule has 3 aliphatic heterocycles. The number of carbonyl (C=O) groups excluding carboxylic acids is 2. The Bertz CT molecular complexity index is 1150. The Kier molecular flexibility index (Phi) is 7.04. The first-order chi connectivity index (χ1) is 17.8. The number of alkyl halides is 3. The lowest BCUT2D eigenvalue weighted by atomic mass is 10.0. The zero-order valence-corrected chi connectivity index (χ0v) is 19.9. The van der Waals surface area contributed by atoms with Gasteiger partial charge in [0, 0.05) is 37.8 Å². The van der Waals surface area contributed by atoms with Crippen molar-refractivity contribution in [2.75, 3.05) is 36.0 Å². The molecular formula is C24H26F3N5O5. The first kappa shape index (κ1) is 25.1. The Morgan fingerprint density at radius 3 is 2.70 bits per heavy atom. The summed E-state index contributed by atoms with van der Waals surface area (Å²) in [5.74, 6) is -0.900. The highest BCUT2D eigenvalue weighted by molar-refractivity contribution is 5.91. The predicted molar refractivity (Wildman–Crippen MR) is 124 cm³/mol. The van der Waals surface area contributed by atoms with Gasteiger partial charge in [-0.05, 0) is 31.7 Å². The summed E-state index contributed by atoms with van der Waals surface area (Å²) < 4.78 is 56.9. The fourth-order valence-electron chi connectivity index (χ4n) is 4.78. The number of halogens is 3. The third kappa shape index (κ3) is 5.55. The van der Waals surface area contributed by atoms with Gasteiger partial charge in [0.1, 0.15) is 6.61 Å². The van der Waals surface area contributed by atoms with Crippen molar-refractivity contribution in [3.05, 3.63) is 41.7 Å². The number of amides is 2. The summed E-state index contributed by atoms with van der Waals surface area (Å²) in [4.78, 5) is 35.5. The number of ether oxygens (including phenoxy) is 3. The maximum absolute atomic E-state index is 13.8. The number of piperidine rings is 1. The molecule has 2 fully saturated rings. The zero-order valence-electron chi connectivity index (χ0n) is 19.9. The van der Waals surface area contributed by atoms with Crippen LogP contribution >= 0.6 is 0 Å². The van der Waals surface area contributed by atoms with Gasteiger partial charge < -0.3 is 24.4 Å². The van der Waals surface area contributed by atoms with Crippen LogP contribution in [-0.4, -0.2) is 60.5 Å². The van der Waals surface area contributed by atoms with Crippen molar-refractivity contribution in [2.45, 2.75) is 50.6 Å². The molecule has 2 saturated heterocycles. The van der Waals surface area contributed by atoms with E-state index < -0.39 is 29.8 Å². The van der Waals surface area contributed by atoms with E-state index in [0.717, 1.165) is 30.3 Å². The minimum Gasteiger partial charge on any atom is -0.444 e. The van der Waals surface area contributed by atoms with Gasteiger partial charge >= 0.3 is 18.4 Å². The maximum atomic E-state index is 13.8. The number of rotatable bonds is 5. The van der Waals surface area contributed by atoms with Gasteiger partial charge in [-0.2, -0.15) is 13.2 Å². The first-order valence-electron chi connectivity index (χ1n) is 12.1. The number of hydrogen-bond donors (Lipinski definition) is 1. The number of nitrogens with zero attached hydrogens (tertiary/aromatic N) is 4. The van der Waals surface area contributed by atoms with Crippen LogP contribution in [0, 0.1) is 0 Å². The molecule has 0 bridgehead atoms. The normalized spacial score (nSPS) is 20.4. The molecule has 1 atom stereocenters. The van der Waals surface area contributed by atoms with Gasteiger partial charge in [-0.3, -0.25) is 4.90 Å². The molecule has 2 aromatic rings. The van der Waals surface area contributed by atoms with E-state index in [1.165, 1.54) is 0 Å². The van der Waals surface area contributed by atoms with Crippen molar-refractivity contribution >= 4 is 23.8 Å². The van der Waals surface area contributed by atoms with Crippen molar-refractivity contribution in [3.8, 4) is 5.75 Å². The quantitative estimate of drug-likeness (QED) is 0.632. The highest BCUT2D eigenvalue weighted by Gasteiger charge is 2.39. The summed E-state index contributed by atoms with van der Waals surface area (Å²) in [6.45, 7) is 1.59. The summed E-state index contributed by atoms with van der Waals surface area (Å²) in [7, 11) is 0. The molecule has 3 aliphatic rings. The lowest BCUT2D eigenvalue weighted by Gasteiger charge is -2.40. The Hall–Kier alpha value is -3.61. The summed E-state index contributed by atoms with van der Waals surface area (Å²) in [5, 5.41) is 2.41. The number of nitrogens with one attached hydrogen (secondary N) is 1.